The smallest absolute Gasteiger partial charge is 0.308 e. The summed E-state index contributed by atoms with van der Waals surface area (Å²) in [5.41, 5.74) is 0.253. The second-order valence-corrected chi connectivity index (χ2v) is 4.86. The first-order chi connectivity index (χ1) is 8.49. The van der Waals surface area contributed by atoms with Gasteiger partial charge >= 0.3 is 5.97 Å². The molecular weight excluding hydrogens is 279 g/mol. The van der Waals surface area contributed by atoms with E-state index in [-0.39, 0.29) is 28.2 Å². The van der Waals surface area contributed by atoms with Crippen LogP contribution in [-0.2, 0) is 4.79 Å². The van der Waals surface area contributed by atoms with Crippen LogP contribution in [0.1, 0.15) is 16.8 Å². The van der Waals surface area contributed by atoms with Gasteiger partial charge in [-0.1, -0.05) is 23.2 Å². The summed E-state index contributed by atoms with van der Waals surface area (Å²) in [6.45, 7) is 0.608. The van der Waals surface area contributed by atoms with Crippen molar-refractivity contribution in [2.24, 2.45) is 5.92 Å². The van der Waals surface area contributed by atoms with Crippen molar-refractivity contribution in [1.82, 2.24) is 9.88 Å². The molecule has 0 radical (unpaired) electrons. The van der Waals surface area contributed by atoms with E-state index < -0.39 is 11.9 Å². The molecule has 1 aliphatic rings. The fourth-order valence-electron chi connectivity index (χ4n) is 1.89. The molecule has 2 heterocycles. The molecule has 1 saturated heterocycles. The van der Waals surface area contributed by atoms with Gasteiger partial charge in [0, 0.05) is 19.3 Å². The molecule has 0 spiro atoms. The van der Waals surface area contributed by atoms with Crippen molar-refractivity contribution in [3.05, 3.63) is 28.0 Å². The maximum Gasteiger partial charge on any atom is 0.308 e. The molecule has 0 aliphatic carbocycles. The van der Waals surface area contributed by atoms with E-state index in [9.17, 15) is 9.59 Å². The third kappa shape index (κ3) is 2.57. The third-order valence-electron chi connectivity index (χ3n) is 2.88. The molecule has 1 N–H and O–H groups in total. The number of halogens is 2. The highest BCUT2D eigenvalue weighted by molar-refractivity contribution is 6.35. The number of carboxylic acids is 1. The van der Waals surface area contributed by atoms with Crippen molar-refractivity contribution in [2.75, 3.05) is 13.1 Å². The van der Waals surface area contributed by atoms with Gasteiger partial charge in [0.15, 0.2) is 0 Å². The Balaban J connectivity index is 2.17. The maximum atomic E-state index is 12.2. The van der Waals surface area contributed by atoms with Gasteiger partial charge in [-0.25, -0.2) is 4.98 Å². The van der Waals surface area contributed by atoms with Gasteiger partial charge < -0.3 is 10.0 Å². The molecule has 0 aromatic carbocycles. The minimum atomic E-state index is -0.885. The highest BCUT2D eigenvalue weighted by Crippen LogP contribution is 2.23. The molecule has 1 fully saturated rings. The van der Waals surface area contributed by atoms with Crippen LogP contribution in [0.3, 0.4) is 0 Å². The van der Waals surface area contributed by atoms with E-state index in [0.717, 1.165) is 0 Å². The number of pyridine rings is 1. The van der Waals surface area contributed by atoms with E-state index >= 15 is 0 Å². The van der Waals surface area contributed by atoms with Crippen molar-refractivity contribution in [3.63, 3.8) is 0 Å². The van der Waals surface area contributed by atoms with Crippen LogP contribution in [-0.4, -0.2) is 40.0 Å². The average Bonchev–Trinajstić information content (AvgIpc) is 2.81. The summed E-state index contributed by atoms with van der Waals surface area (Å²) in [6, 6.07) is 1.39. The van der Waals surface area contributed by atoms with E-state index in [1.54, 1.807) is 0 Å². The van der Waals surface area contributed by atoms with E-state index in [4.69, 9.17) is 28.3 Å². The average molecular weight is 289 g/mol. The van der Waals surface area contributed by atoms with Crippen LogP contribution >= 0.6 is 23.2 Å². The largest absolute Gasteiger partial charge is 0.481 e. The van der Waals surface area contributed by atoms with Gasteiger partial charge in [0.05, 0.1) is 16.5 Å². The first-order valence-corrected chi connectivity index (χ1v) is 6.07. The lowest BCUT2D eigenvalue weighted by Gasteiger charge is -2.16. The molecule has 0 bridgehead atoms. The molecule has 7 heteroatoms. The quantitative estimate of drug-likeness (QED) is 0.845. The number of rotatable bonds is 2. The van der Waals surface area contributed by atoms with E-state index in [1.807, 2.05) is 0 Å². The zero-order chi connectivity index (χ0) is 13.3. The lowest BCUT2D eigenvalue weighted by atomic mass is 10.1. The molecule has 96 valence electrons. The predicted molar refractivity (Wildman–Crippen MR) is 65.9 cm³/mol. The molecule has 1 atom stereocenters. The Bertz CT molecular complexity index is 507. The minimum absolute atomic E-state index is 0.178. The molecule has 1 amide bonds. The minimum Gasteiger partial charge on any atom is -0.481 e. The number of hydrogen-bond acceptors (Lipinski definition) is 3. The number of nitrogens with zero attached hydrogens (tertiary/aromatic N) is 2. The molecule has 1 unspecified atom stereocenters. The Morgan fingerprint density at radius 1 is 1.44 bits per heavy atom. The monoisotopic (exact) mass is 288 g/mol. The Labute approximate surface area is 113 Å². The molecule has 18 heavy (non-hydrogen) atoms. The first-order valence-electron chi connectivity index (χ1n) is 5.32. The number of carboxylic acid groups (broad SMARTS) is 1. The molecule has 0 saturated carbocycles. The summed E-state index contributed by atoms with van der Waals surface area (Å²) in [6.07, 6.45) is 1.76. The van der Waals surface area contributed by atoms with Crippen LogP contribution in [0.15, 0.2) is 12.3 Å². The number of hydrogen-bond donors (Lipinski definition) is 1. The molecule has 2 rings (SSSR count). The van der Waals surface area contributed by atoms with Crippen molar-refractivity contribution >= 4 is 35.1 Å². The number of likely N-dealkylation sites (tertiary alicyclic amines) is 1. The summed E-state index contributed by atoms with van der Waals surface area (Å²) in [7, 11) is 0. The van der Waals surface area contributed by atoms with Gasteiger partial charge in [0.1, 0.15) is 5.15 Å². The van der Waals surface area contributed by atoms with Gasteiger partial charge in [0.2, 0.25) is 0 Å². The van der Waals surface area contributed by atoms with Gasteiger partial charge in [-0.2, -0.15) is 0 Å². The number of aliphatic carboxylic acids is 1. The van der Waals surface area contributed by atoms with Crippen LogP contribution in [0.4, 0.5) is 0 Å². The third-order valence-corrected chi connectivity index (χ3v) is 3.38. The maximum absolute atomic E-state index is 12.2. The summed E-state index contributed by atoms with van der Waals surface area (Å²) in [4.78, 5) is 28.2. The second kappa shape index (κ2) is 5.12. The van der Waals surface area contributed by atoms with Gasteiger partial charge in [0.25, 0.3) is 5.91 Å². The SMILES string of the molecule is O=C(O)C1CCN(C(=O)c2cc(Cl)ncc2Cl)C1. The summed E-state index contributed by atoms with van der Waals surface area (Å²) in [5.74, 6) is -1.71. The lowest BCUT2D eigenvalue weighted by Crippen LogP contribution is -2.30. The Morgan fingerprint density at radius 2 is 2.17 bits per heavy atom. The molecule has 1 aromatic rings. The summed E-state index contributed by atoms with van der Waals surface area (Å²) < 4.78 is 0. The van der Waals surface area contributed by atoms with E-state index in [0.29, 0.717) is 13.0 Å². The fraction of sp³-hybridized carbons (Fsp3) is 0.364. The number of amides is 1. The Kier molecular flexibility index (Phi) is 3.73. The van der Waals surface area contributed by atoms with E-state index in [2.05, 4.69) is 4.98 Å². The summed E-state index contributed by atoms with van der Waals surface area (Å²) >= 11 is 11.6. The van der Waals surface area contributed by atoms with Crippen LogP contribution < -0.4 is 0 Å². The lowest BCUT2D eigenvalue weighted by molar-refractivity contribution is -0.141. The number of carbonyl (C=O) groups is 2. The van der Waals surface area contributed by atoms with Crippen LogP contribution in [0.2, 0.25) is 10.2 Å². The second-order valence-electron chi connectivity index (χ2n) is 4.06. The Hall–Kier alpha value is -1.33. The fourth-order valence-corrected chi connectivity index (χ4v) is 2.24. The van der Waals surface area contributed by atoms with Crippen molar-refractivity contribution in [3.8, 4) is 0 Å². The van der Waals surface area contributed by atoms with Gasteiger partial charge in [-0.05, 0) is 12.5 Å². The van der Waals surface area contributed by atoms with Crippen LogP contribution in [0.25, 0.3) is 0 Å². The standard InChI is InChI=1S/C11H10Cl2N2O3/c12-8-4-14-9(13)3-7(8)10(16)15-2-1-6(5-15)11(17)18/h3-4,6H,1-2,5H2,(H,17,18). The zero-order valence-electron chi connectivity index (χ0n) is 9.27. The zero-order valence-corrected chi connectivity index (χ0v) is 10.8. The predicted octanol–water partition coefficient (Wildman–Crippen LogP) is 1.94. The summed E-state index contributed by atoms with van der Waals surface area (Å²) in [5, 5.41) is 9.28. The molecule has 1 aliphatic heterocycles. The normalized spacial score (nSPS) is 19.0. The Morgan fingerprint density at radius 3 is 2.78 bits per heavy atom. The van der Waals surface area contributed by atoms with Crippen molar-refractivity contribution in [2.45, 2.75) is 6.42 Å². The van der Waals surface area contributed by atoms with Crippen molar-refractivity contribution < 1.29 is 14.7 Å². The van der Waals surface area contributed by atoms with Gasteiger partial charge in [-0.15, -0.1) is 0 Å². The highest BCUT2D eigenvalue weighted by Gasteiger charge is 2.32. The van der Waals surface area contributed by atoms with E-state index in [1.165, 1.54) is 17.2 Å². The molecule has 1 aromatic heterocycles. The topological polar surface area (TPSA) is 70.5 Å². The molecule has 5 nitrogen and oxygen atoms in total. The molecular formula is C11H10Cl2N2O3. The number of carbonyl (C=O) groups excluding carboxylic acids is 1. The first kappa shape index (κ1) is 13.1. The highest BCUT2D eigenvalue weighted by atomic mass is 35.5. The van der Waals surface area contributed by atoms with Crippen LogP contribution in [0.5, 0.6) is 0 Å². The van der Waals surface area contributed by atoms with Gasteiger partial charge in [-0.3, -0.25) is 9.59 Å². The number of aromatic nitrogens is 1. The van der Waals surface area contributed by atoms with Crippen molar-refractivity contribution in [1.29, 1.82) is 0 Å². The van der Waals surface area contributed by atoms with Crippen LogP contribution in [0, 0.1) is 5.92 Å².